The van der Waals surface area contributed by atoms with Crippen molar-refractivity contribution in [1.82, 2.24) is 0 Å². The van der Waals surface area contributed by atoms with E-state index >= 15 is 0 Å². The molecule has 1 aliphatic carbocycles. The van der Waals surface area contributed by atoms with Crippen LogP contribution in [0.15, 0.2) is 24.3 Å². The molecule has 1 fully saturated rings. The van der Waals surface area contributed by atoms with Crippen LogP contribution in [0.4, 0.5) is 5.69 Å². The molecule has 3 nitrogen and oxygen atoms in total. The van der Waals surface area contributed by atoms with Gasteiger partial charge in [0.15, 0.2) is 5.78 Å². The lowest BCUT2D eigenvalue weighted by atomic mass is 10.1. The smallest absolute Gasteiger partial charge is 0.159 e. The summed E-state index contributed by atoms with van der Waals surface area (Å²) in [7, 11) is 0. The van der Waals surface area contributed by atoms with Crippen LogP contribution in [-0.2, 0) is 4.79 Å². The summed E-state index contributed by atoms with van der Waals surface area (Å²) in [6.45, 7) is 5.46. The molecular formula is C13H17ClNO2-. The fourth-order valence-electron chi connectivity index (χ4n) is 1.25. The number of hydrogen-bond acceptors (Lipinski definition) is 3. The predicted molar refractivity (Wildman–Crippen MR) is 64.2 cm³/mol. The van der Waals surface area contributed by atoms with Crippen LogP contribution in [0.3, 0.4) is 0 Å². The van der Waals surface area contributed by atoms with Gasteiger partial charge in [-0.1, -0.05) is 13.8 Å². The van der Waals surface area contributed by atoms with E-state index in [4.69, 9.17) is 5.73 Å². The van der Waals surface area contributed by atoms with Gasteiger partial charge in [-0.05, 0) is 31.2 Å². The minimum Gasteiger partial charge on any atom is -1.00 e. The van der Waals surface area contributed by atoms with E-state index in [9.17, 15) is 9.59 Å². The van der Waals surface area contributed by atoms with E-state index in [0.717, 1.165) is 0 Å². The Bertz CT molecular complexity index is 390. The van der Waals surface area contributed by atoms with Crippen LogP contribution in [0.1, 0.15) is 31.1 Å². The van der Waals surface area contributed by atoms with Crippen molar-refractivity contribution < 1.29 is 22.0 Å². The Labute approximate surface area is 108 Å². The molecule has 94 valence electrons. The number of rotatable bonds is 1. The highest BCUT2D eigenvalue weighted by molar-refractivity contribution is 5.98. The lowest BCUT2D eigenvalue weighted by Crippen LogP contribution is -3.00. The second kappa shape index (κ2) is 6.40. The molecule has 0 bridgehead atoms. The van der Waals surface area contributed by atoms with Crippen LogP contribution >= 0.6 is 0 Å². The zero-order chi connectivity index (χ0) is 12.3. The van der Waals surface area contributed by atoms with Gasteiger partial charge in [0, 0.05) is 23.1 Å². The van der Waals surface area contributed by atoms with E-state index in [1.165, 1.54) is 6.92 Å². The largest absolute Gasteiger partial charge is 1.00 e. The van der Waals surface area contributed by atoms with E-state index < -0.39 is 0 Å². The average Bonchev–Trinajstić information content (AvgIpc) is 2.76. The number of nitrogens with two attached hydrogens (primary N) is 1. The summed E-state index contributed by atoms with van der Waals surface area (Å²) in [6.07, 6.45) is 0. The molecule has 0 heterocycles. The van der Waals surface area contributed by atoms with Gasteiger partial charge in [-0.15, -0.1) is 0 Å². The summed E-state index contributed by atoms with van der Waals surface area (Å²) in [5.41, 5.74) is 6.80. The molecule has 1 aromatic carbocycles. The lowest BCUT2D eigenvalue weighted by Gasteiger charge is -1.94. The summed E-state index contributed by atoms with van der Waals surface area (Å²) in [5.74, 6) is 1.25. The molecule has 0 amide bonds. The average molecular weight is 255 g/mol. The van der Waals surface area contributed by atoms with Gasteiger partial charge in [0.05, 0.1) is 0 Å². The molecule has 1 aromatic rings. The number of carbonyl (C=O) groups excluding carboxylic acids is 2. The van der Waals surface area contributed by atoms with E-state index in [0.29, 0.717) is 28.9 Å². The number of carbonyl (C=O) groups is 2. The summed E-state index contributed by atoms with van der Waals surface area (Å²) in [4.78, 5) is 20.9. The maximum Gasteiger partial charge on any atom is 0.159 e. The molecule has 0 saturated heterocycles. The third-order valence-electron chi connectivity index (χ3n) is 2.86. The maximum atomic E-state index is 10.7. The molecular weight excluding hydrogens is 238 g/mol. The van der Waals surface area contributed by atoms with Gasteiger partial charge in [0.1, 0.15) is 5.78 Å². The lowest BCUT2D eigenvalue weighted by molar-refractivity contribution is -0.111. The van der Waals surface area contributed by atoms with Gasteiger partial charge in [-0.3, -0.25) is 9.59 Å². The van der Waals surface area contributed by atoms with E-state index in [2.05, 4.69) is 0 Å². The first-order valence-corrected chi connectivity index (χ1v) is 5.33. The van der Waals surface area contributed by atoms with Crippen molar-refractivity contribution in [2.45, 2.75) is 20.8 Å². The summed E-state index contributed by atoms with van der Waals surface area (Å²) >= 11 is 0. The molecule has 0 aromatic heterocycles. The molecule has 0 radical (unpaired) electrons. The summed E-state index contributed by atoms with van der Waals surface area (Å²) in [6, 6.07) is 6.88. The first kappa shape index (κ1) is 15.7. The minimum absolute atomic E-state index is 0. The van der Waals surface area contributed by atoms with Crippen molar-refractivity contribution in [3.05, 3.63) is 29.8 Å². The highest BCUT2D eigenvalue weighted by Crippen LogP contribution is 2.31. The first-order valence-electron chi connectivity index (χ1n) is 5.33. The molecule has 2 N–H and O–H groups in total. The molecule has 17 heavy (non-hydrogen) atoms. The van der Waals surface area contributed by atoms with Gasteiger partial charge >= 0.3 is 0 Å². The minimum atomic E-state index is 0. The van der Waals surface area contributed by atoms with Crippen molar-refractivity contribution in [2.24, 2.45) is 11.8 Å². The molecule has 4 heteroatoms. The number of benzene rings is 1. The normalized spacial score (nSPS) is 20.8. The number of Topliss-reactive ketones (excluding diaryl/α,β-unsaturated/α-hetero) is 2. The first-order chi connectivity index (χ1) is 7.43. The molecule has 2 atom stereocenters. The van der Waals surface area contributed by atoms with Gasteiger partial charge in [0.25, 0.3) is 0 Å². The van der Waals surface area contributed by atoms with Gasteiger partial charge in [0.2, 0.25) is 0 Å². The quantitative estimate of drug-likeness (QED) is 0.534. The molecule has 1 saturated carbocycles. The second-order valence-corrected chi connectivity index (χ2v) is 4.16. The SMILES string of the molecule is CC(=O)c1ccc(N)cc1.CC1C(=O)C1C.[Cl-]. The van der Waals surface area contributed by atoms with Crippen LogP contribution in [0.2, 0.25) is 0 Å². The monoisotopic (exact) mass is 254 g/mol. The standard InChI is InChI=1S/C8H9NO.C5H8O.ClH/c1-6(10)7-2-4-8(9)5-3-7;1-3-4(2)5(3)6;/h2-5H,9H2,1H3;3-4H,1-2H3;1H/p-1. The molecule has 0 aliphatic heterocycles. The molecule has 1 aliphatic rings. The Morgan fingerprint density at radius 2 is 1.47 bits per heavy atom. The van der Waals surface area contributed by atoms with Crippen molar-refractivity contribution in [3.8, 4) is 0 Å². The summed E-state index contributed by atoms with van der Waals surface area (Å²) < 4.78 is 0. The fraction of sp³-hybridized carbons (Fsp3) is 0.385. The van der Waals surface area contributed by atoms with E-state index in [1.807, 2.05) is 13.8 Å². The predicted octanol–water partition coefficient (Wildman–Crippen LogP) is -0.683. The highest BCUT2D eigenvalue weighted by Gasteiger charge is 2.40. The number of hydrogen-bond donors (Lipinski definition) is 1. The Morgan fingerprint density at radius 3 is 1.71 bits per heavy atom. The zero-order valence-corrected chi connectivity index (χ0v) is 11.0. The molecule has 2 unspecified atom stereocenters. The number of anilines is 1. The Balaban J connectivity index is 0.000000316. The number of nitrogen functional groups attached to an aromatic ring is 1. The Kier molecular flexibility index (Phi) is 5.89. The third-order valence-corrected chi connectivity index (χ3v) is 2.86. The van der Waals surface area contributed by atoms with Crippen molar-refractivity contribution >= 4 is 17.3 Å². The van der Waals surface area contributed by atoms with Crippen LogP contribution in [-0.4, -0.2) is 11.6 Å². The Hall–Kier alpha value is -1.35. The van der Waals surface area contributed by atoms with Crippen LogP contribution < -0.4 is 18.1 Å². The van der Waals surface area contributed by atoms with Crippen LogP contribution in [0.25, 0.3) is 0 Å². The molecule has 2 rings (SSSR count). The van der Waals surface area contributed by atoms with Gasteiger partial charge in [-0.2, -0.15) is 0 Å². The number of halogens is 1. The zero-order valence-electron chi connectivity index (χ0n) is 10.2. The third kappa shape index (κ3) is 4.57. The fourth-order valence-corrected chi connectivity index (χ4v) is 1.25. The van der Waals surface area contributed by atoms with E-state index in [-0.39, 0.29) is 18.2 Å². The van der Waals surface area contributed by atoms with Gasteiger partial charge < -0.3 is 18.1 Å². The van der Waals surface area contributed by atoms with Crippen LogP contribution in [0, 0.1) is 11.8 Å². The van der Waals surface area contributed by atoms with Gasteiger partial charge in [-0.25, -0.2) is 0 Å². The summed E-state index contributed by atoms with van der Waals surface area (Å²) in [5, 5.41) is 0. The number of ketones is 2. The highest BCUT2D eigenvalue weighted by atomic mass is 35.5. The van der Waals surface area contributed by atoms with Crippen molar-refractivity contribution in [1.29, 1.82) is 0 Å². The van der Waals surface area contributed by atoms with Crippen molar-refractivity contribution in [2.75, 3.05) is 5.73 Å². The van der Waals surface area contributed by atoms with Crippen LogP contribution in [0.5, 0.6) is 0 Å². The van der Waals surface area contributed by atoms with Crippen molar-refractivity contribution in [3.63, 3.8) is 0 Å². The topological polar surface area (TPSA) is 60.2 Å². The molecule has 0 spiro atoms. The second-order valence-electron chi connectivity index (χ2n) is 4.16. The van der Waals surface area contributed by atoms with E-state index in [1.54, 1.807) is 24.3 Å². The Morgan fingerprint density at radius 1 is 1.12 bits per heavy atom. The maximum absolute atomic E-state index is 10.7.